The van der Waals surface area contributed by atoms with Crippen LogP contribution in [-0.4, -0.2) is 60.7 Å². The Morgan fingerprint density at radius 2 is 1.63 bits per heavy atom. The molecule has 0 radical (unpaired) electrons. The van der Waals surface area contributed by atoms with Gasteiger partial charge in [0.2, 0.25) is 0 Å². The molecule has 1 amide bonds. The van der Waals surface area contributed by atoms with Gasteiger partial charge in [0.15, 0.2) is 5.03 Å². The van der Waals surface area contributed by atoms with Crippen LogP contribution in [0.3, 0.4) is 0 Å². The minimum absolute atomic E-state index is 0.0734. The van der Waals surface area contributed by atoms with E-state index in [4.69, 9.17) is 17.3 Å². The highest BCUT2D eigenvalue weighted by molar-refractivity contribution is 7.89. The van der Waals surface area contributed by atoms with Gasteiger partial charge in [0, 0.05) is 44.1 Å². The summed E-state index contributed by atoms with van der Waals surface area (Å²) in [5, 5.41) is 2.52. The maximum absolute atomic E-state index is 13.8. The number of carbonyl (C=O) groups excluding carboxylic acids is 1. The molecule has 0 spiro atoms. The largest absolute Gasteiger partial charge is 0.353 e. The van der Waals surface area contributed by atoms with Crippen molar-refractivity contribution in [3.05, 3.63) is 82.0 Å². The Balaban J connectivity index is 1.46. The monoisotopic (exact) mass is 603 g/mol. The number of likely N-dealkylation sites (tertiary alicyclic amines) is 1. The number of pyridine rings is 1. The molecule has 2 aliphatic heterocycles. The van der Waals surface area contributed by atoms with Crippen LogP contribution in [0.1, 0.15) is 53.1 Å². The van der Waals surface area contributed by atoms with Crippen LogP contribution in [-0.2, 0) is 10.0 Å². The van der Waals surface area contributed by atoms with E-state index < -0.39 is 15.8 Å². The molecule has 41 heavy (non-hydrogen) atoms. The summed E-state index contributed by atoms with van der Waals surface area (Å²) in [7, 11) is -4.07. The first kappa shape index (κ1) is 29.4. The molecule has 218 valence electrons. The average molecular weight is 604 g/mol. The fourth-order valence-corrected chi connectivity index (χ4v) is 7.34. The van der Waals surface area contributed by atoms with Crippen LogP contribution in [0.15, 0.2) is 53.7 Å². The standard InChI is InChI=1S/C29H32ClF2N5O3S/c1-18-16-22(32)6-7-25(18)35-27-24(17-34-28(26(27)30)41(39,40)37-14-10-23(33)11-15-37)29(38)36-12-8-20(9-13-36)19-2-4-21(31)5-3-19/h2-7,16-17,20,23H,8-15,33H2,1H3,(H,34,35). The van der Waals surface area contributed by atoms with E-state index >= 15 is 0 Å². The number of nitrogens with two attached hydrogens (primary N) is 1. The summed E-state index contributed by atoms with van der Waals surface area (Å²) < 4.78 is 55.6. The number of nitrogens with one attached hydrogen (secondary N) is 1. The summed E-state index contributed by atoms with van der Waals surface area (Å²) in [4.78, 5) is 19.7. The molecule has 0 aliphatic carbocycles. The Morgan fingerprint density at radius 1 is 1.00 bits per heavy atom. The zero-order valence-electron chi connectivity index (χ0n) is 22.6. The number of hydrogen-bond acceptors (Lipinski definition) is 6. The van der Waals surface area contributed by atoms with Crippen molar-refractivity contribution < 1.29 is 22.0 Å². The Kier molecular flexibility index (Phi) is 8.60. The van der Waals surface area contributed by atoms with Crippen molar-refractivity contribution in [3.63, 3.8) is 0 Å². The van der Waals surface area contributed by atoms with E-state index in [2.05, 4.69) is 10.3 Å². The van der Waals surface area contributed by atoms with Gasteiger partial charge in [0.1, 0.15) is 16.7 Å². The van der Waals surface area contributed by atoms with Gasteiger partial charge in [-0.3, -0.25) is 4.79 Å². The number of piperidine rings is 2. The molecule has 5 rings (SSSR count). The Bertz CT molecular complexity index is 1540. The SMILES string of the molecule is Cc1cc(F)ccc1Nc1c(C(=O)N2CCC(c3ccc(F)cc3)CC2)cnc(S(=O)(=O)N2CCC(N)CC2)c1Cl. The lowest BCUT2D eigenvalue weighted by Crippen LogP contribution is -2.43. The second-order valence-corrected chi connectivity index (χ2v) is 12.8. The minimum atomic E-state index is -4.07. The zero-order valence-corrected chi connectivity index (χ0v) is 24.2. The molecule has 2 saturated heterocycles. The van der Waals surface area contributed by atoms with Crippen molar-refractivity contribution >= 4 is 38.9 Å². The number of nitrogens with zero attached hydrogens (tertiary/aromatic N) is 3. The van der Waals surface area contributed by atoms with Crippen LogP contribution in [0, 0.1) is 18.6 Å². The molecule has 0 unspecified atom stereocenters. The van der Waals surface area contributed by atoms with E-state index in [1.54, 1.807) is 24.0 Å². The first-order valence-corrected chi connectivity index (χ1v) is 15.4. The van der Waals surface area contributed by atoms with Gasteiger partial charge in [-0.25, -0.2) is 22.2 Å². The molecule has 8 nitrogen and oxygen atoms in total. The van der Waals surface area contributed by atoms with Crippen LogP contribution < -0.4 is 11.1 Å². The van der Waals surface area contributed by atoms with Gasteiger partial charge in [-0.05, 0) is 80.0 Å². The third kappa shape index (κ3) is 6.23. The van der Waals surface area contributed by atoms with Crippen LogP contribution >= 0.6 is 11.6 Å². The maximum atomic E-state index is 13.8. The van der Waals surface area contributed by atoms with E-state index in [0.717, 1.165) is 5.56 Å². The van der Waals surface area contributed by atoms with Gasteiger partial charge >= 0.3 is 0 Å². The number of benzene rings is 2. The van der Waals surface area contributed by atoms with Crippen molar-refractivity contribution in [2.75, 3.05) is 31.5 Å². The van der Waals surface area contributed by atoms with Crippen LogP contribution in [0.4, 0.5) is 20.2 Å². The second kappa shape index (κ2) is 12.0. The smallest absolute Gasteiger partial charge is 0.262 e. The normalized spacial score (nSPS) is 17.5. The van der Waals surface area contributed by atoms with Gasteiger partial charge in [-0.2, -0.15) is 4.31 Å². The Morgan fingerprint density at radius 3 is 2.27 bits per heavy atom. The summed E-state index contributed by atoms with van der Waals surface area (Å²) >= 11 is 6.75. The molecule has 3 aromatic rings. The zero-order chi connectivity index (χ0) is 29.3. The Labute approximate surface area is 243 Å². The number of aromatic nitrogens is 1. The molecule has 0 bridgehead atoms. The van der Waals surface area contributed by atoms with E-state index in [1.165, 1.54) is 40.8 Å². The molecular formula is C29H32ClF2N5O3S. The van der Waals surface area contributed by atoms with Gasteiger partial charge in [-0.1, -0.05) is 23.7 Å². The number of amides is 1. The summed E-state index contributed by atoms with van der Waals surface area (Å²) in [6.45, 7) is 3.07. The number of carbonyl (C=O) groups is 1. The molecule has 2 aromatic carbocycles. The topological polar surface area (TPSA) is 109 Å². The third-order valence-corrected chi connectivity index (χ3v) is 10.2. The summed E-state index contributed by atoms with van der Waals surface area (Å²) in [6.07, 6.45) is 3.64. The molecule has 3 N–H and O–H groups in total. The molecule has 12 heteroatoms. The van der Waals surface area contributed by atoms with Crippen molar-refractivity contribution in [2.24, 2.45) is 5.73 Å². The van der Waals surface area contributed by atoms with Gasteiger partial charge in [0.05, 0.1) is 11.3 Å². The summed E-state index contributed by atoms with van der Waals surface area (Å²) in [6, 6.07) is 10.4. The average Bonchev–Trinajstić information content (AvgIpc) is 2.95. The summed E-state index contributed by atoms with van der Waals surface area (Å²) in [5.41, 5.74) is 8.19. The second-order valence-electron chi connectivity index (χ2n) is 10.6. The predicted octanol–water partition coefficient (Wildman–Crippen LogP) is 5.20. The van der Waals surface area contributed by atoms with Crippen LogP contribution in [0.5, 0.6) is 0 Å². The van der Waals surface area contributed by atoms with Gasteiger partial charge in [-0.15, -0.1) is 0 Å². The van der Waals surface area contributed by atoms with Crippen molar-refractivity contribution in [2.45, 2.75) is 49.6 Å². The molecule has 0 saturated carbocycles. The van der Waals surface area contributed by atoms with Gasteiger partial charge in [0.25, 0.3) is 15.9 Å². The van der Waals surface area contributed by atoms with Gasteiger partial charge < -0.3 is 16.0 Å². The fraction of sp³-hybridized carbons (Fsp3) is 0.379. The molecule has 0 atom stereocenters. The lowest BCUT2D eigenvalue weighted by atomic mass is 9.89. The molecular weight excluding hydrogens is 572 g/mol. The number of rotatable bonds is 6. The first-order chi connectivity index (χ1) is 19.5. The third-order valence-electron chi connectivity index (χ3n) is 7.87. The number of hydrogen-bond donors (Lipinski definition) is 2. The van der Waals surface area contributed by atoms with E-state index in [-0.39, 0.29) is 58.1 Å². The van der Waals surface area contributed by atoms with Crippen LogP contribution in [0.2, 0.25) is 5.02 Å². The predicted molar refractivity (Wildman–Crippen MR) is 154 cm³/mol. The molecule has 1 aromatic heterocycles. The van der Waals surface area contributed by atoms with Crippen molar-refractivity contribution in [1.29, 1.82) is 0 Å². The highest BCUT2D eigenvalue weighted by Crippen LogP contribution is 2.37. The lowest BCUT2D eigenvalue weighted by molar-refractivity contribution is 0.0713. The highest BCUT2D eigenvalue weighted by Gasteiger charge is 2.35. The van der Waals surface area contributed by atoms with Crippen LogP contribution in [0.25, 0.3) is 0 Å². The number of aryl methyl sites for hydroxylation is 1. The quantitative estimate of drug-likeness (QED) is 0.401. The van der Waals surface area contributed by atoms with Crippen molar-refractivity contribution in [1.82, 2.24) is 14.2 Å². The summed E-state index contributed by atoms with van der Waals surface area (Å²) in [5.74, 6) is -0.893. The molecule has 2 aliphatic rings. The molecule has 3 heterocycles. The van der Waals surface area contributed by atoms with E-state index in [1.807, 2.05) is 0 Å². The maximum Gasteiger partial charge on any atom is 0.262 e. The lowest BCUT2D eigenvalue weighted by Gasteiger charge is -2.33. The van der Waals surface area contributed by atoms with E-state index in [9.17, 15) is 22.0 Å². The van der Waals surface area contributed by atoms with Crippen molar-refractivity contribution in [3.8, 4) is 0 Å². The minimum Gasteiger partial charge on any atom is -0.353 e. The van der Waals surface area contributed by atoms with E-state index in [0.29, 0.717) is 50.0 Å². The molecule has 2 fully saturated rings. The highest BCUT2D eigenvalue weighted by atomic mass is 35.5. The fourth-order valence-electron chi connectivity index (χ4n) is 5.40. The number of halogens is 3. The Hall–Kier alpha value is -3.12. The number of sulfonamides is 1. The number of anilines is 2. The first-order valence-electron chi connectivity index (χ1n) is 13.6.